The number of carbonyl (C=O) groups is 3. The molecule has 3 aromatic rings. The summed E-state index contributed by atoms with van der Waals surface area (Å²) in [4.78, 5) is 41.1. The van der Waals surface area contributed by atoms with Gasteiger partial charge in [-0.1, -0.05) is 24.3 Å². The standard InChI is InChI=1S/C24H27N7O4/c1-17-5-3-6-18(2)23(17)26-21(32)14-29-9-11-30(12-10-29)22(33)15-35-24(34)19-7-4-8-20(13-19)31-16-25-27-28-31/h3-8,13,16H,9-12,14-15H2,1-2H3,(H,26,32). The van der Waals surface area contributed by atoms with Crippen LogP contribution in [0, 0.1) is 13.8 Å². The molecule has 2 aromatic carbocycles. The van der Waals surface area contributed by atoms with Crippen molar-refractivity contribution < 1.29 is 19.1 Å². The first-order valence-corrected chi connectivity index (χ1v) is 11.3. The van der Waals surface area contributed by atoms with Crippen molar-refractivity contribution in [2.45, 2.75) is 13.8 Å². The Morgan fingerprint density at radius 2 is 1.71 bits per heavy atom. The van der Waals surface area contributed by atoms with Crippen LogP contribution < -0.4 is 5.32 Å². The topological polar surface area (TPSA) is 123 Å². The van der Waals surface area contributed by atoms with E-state index in [1.54, 1.807) is 29.2 Å². The zero-order valence-electron chi connectivity index (χ0n) is 19.7. The van der Waals surface area contributed by atoms with Crippen molar-refractivity contribution in [2.75, 3.05) is 44.6 Å². The summed E-state index contributed by atoms with van der Waals surface area (Å²) in [7, 11) is 0. The lowest BCUT2D eigenvalue weighted by atomic mass is 10.1. The van der Waals surface area contributed by atoms with Gasteiger partial charge in [0, 0.05) is 31.9 Å². The lowest BCUT2D eigenvalue weighted by Gasteiger charge is -2.34. The molecule has 0 radical (unpaired) electrons. The Bertz CT molecular complexity index is 1180. The molecule has 4 rings (SSSR count). The second-order valence-corrected chi connectivity index (χ2v) is 8.35. The van der Waals surface area contributed by atoms with E-state index in [0.29, 0.717) is 37.4 Å². The molecule has 0 aliphatic carbocycles. The van der Waals surface area contributed by atoms with Gasteiger partial charge in [0.05, 0.1) is 17.8 Å². The summed E-state index contributed by atoms with van der Waals surface area (Å²) in [6.45, 7) is 5.88. The molecule has 0 spiro atoms. The van der Waals surface area contributed by atoms with Crippen LogP contribution >= 0.6 is 0 Å². The summed E-state index contributed by atoms with van der Waals surface area (Å²) < 4.78 is 6.65. The number of para-hydroxylation sites is 1. The quantitative estimate of drug-likeness (QED) is 0.504. The number of nitrogens with one attached hydrogen (secondary N) is 1. The maximum atomic E-state index is 12.6. The fourth-order valence-electron chi connectivity index (χ4n) is 3.91. The predicted molar refractivity (Wildman–Crippen MR) is 127 cm³/mol. The van der Waals surface area contributed by atoms with E-state index in [0.717, 1.165) is 16.8 Å². The molecule has 35 heavy (non-hydrogen) atoms. The lowest BCUT2D eigenvalue weighted by Crippen LogP contribution is -2.51. The number of amides is 2. The molecule has 0 saturated carbocycles. The number of carbonyl (C=O) groups excluding carboxylic acids is 3. The van der Waals surface area contributed by atoms with E-state index in [4.69, 9.17) is 4.74 Å². The minimum atomic E-state index is -0.602. The highest BCUT2D eigenvalue weighted by Gasteiger charge is 2.24. The van der Waals surface area contributed by atoms with Crippen LogP contribution in [0.25, 0.3) is 5.69 Å². The number of nitrogens with zero attached hydrogens (tertiary/aromatic N) is 6. The molecule has 1 aliphatic rings. The van der Waals surface area contributed by atoms with Crippen molar-refractivity contribution in [1.82, 2.24) is 30.0 Å². The molecule has 0 bridgehead atoms. The zero-order valence-corrected chi connectivity index (χ0v) is 19.7. The zero-order chi connectivity index (χ0) is 24.8. The Morgan fingerprint density at radius 1 is 1.00 bits per heavy atom. The molecule has 1 N–H and O–H groups in total. The highest BCUT2D eigenvalue weighted by atomic mass is 16.5. The van der Waals surface area contributed by atoms with Gasteiger partial charge in [0.2, 0.25) is 5.91 Å². The molecule has 1 aromatic heterocycles. The first kappa shape index (κ1) is 24.0. The largest absolute Gasteiger partial charge is 0.452 e. The number of rotatable bonds is 7. The summed E-state index contributed by atoms with van der Waals surface area (Å²) in [5, 5.41) is 13.9. The van der Waals surface area contributed by atoms with Crippen molar-refractivity contribution in [3.05, 3.63) is 65.5 Å². The third-order valence-electron chi connectivity index (χ3n) is 5.86. The van der Waals surface area contributed by atoms with Crippen molar-refractivity contribution in [2.24, 2.45) is 0 Å². The van der Waals surface area contributed by atoms with Crippen molar-refractivity contribution in [1.29, 1.82) is 0 Å². The Morgan fingerprint density at radius 3 is 2.40 bits per heavy atom. The molecule has 182 valence electrons. The van der Waals surface area contributed by atoms with Crippen LogP contribution in [0.4, 0.5) is 5.69 Å². The van der Waals surface area contributed by atoms with Crippen LogP contribution in [0.5, 0.6) is 0 Å². The van der Waals surface area contributed by atoms with Gasteiger partial charge in [-0.15, -0.1) is 5.10 Å². The van der Waals surface area contributed by atoms with Gasteiger partial charge in [0.1, 0.15) is 6.33 Å². The average molecular weight is 478 g/mol. The molecule has 0 atom stereocenters. The van der Waals surface area contributed by atoms with E-state index in [1.807, 2.05) is 36.9 Å². The van der Waals surface area contributed by atoms with Gasteiger partial charge in [-0.05, 0) is 53.6 Å². The molecule has 11 heteroatoms. The van der Waals surface area contributed by atoms with E-state index >= 15 is 0 Å². The van der Waals surface area contributed by atoms with Gasteiger partial charge in [-0.3, -0.25) is 14.5 Å². The molecular formula is C24H27N7O4. The fraction of sp³-hybridized carbons (Fsp3) is 0.333. The second kappa shape index (κ2) is 10.9. The first-order valence-electron chi connectivity index (χ1n) is 11.3. The Labute approximate surface area is 202 Å². The molecule has 11 nitrogen and oxygen atoms in total. The molecule has 2 amide bonds. The SMILES string of the molecule is Cc1cccc(C)c1NC(=O)CN1CCN(C(=O)COC(=O)c2cccc(-n3cnnn3)c2)CC1. The molecule has 1 fully saturated rings. The third kappa shape index (κ3) is 6.07. The van der Waals surface area contributed by atoms with E-state index < -0.39 is 5.97 Å². The normalized spacial score (nSPS) is 13.9. The van der Waals surface area contributed by atoms with Crippen molar-refractivity contribution in [3.8, 4) is 5.69 Å². The summed E-state index contributed by atoms with van der Waals surface area (Å²) in [6.07, 6.45) is 1.42. The monoisotopic (exact) mass is 477 g/mol. The van der Waals surface area contributed by atoms with E-state index in [1.165, 1.54) is 11.0 Å². The van der Waals surface area contributed by atoms with Crippen LogP contribution in [0.15, 0.2) is 48.8 Å². The fourth-order valence-corrected chi connectivity index (χ4v) is 3.91. The van der Waals surface area contributed by atoms with Crippen LogP contribution in [0.3, 0.4) is 0 Å². The third-order valence-corrected chi connectivity index (χ3v) is 5.86. The number of aryl methyl sites for hydroxylation is 2. The Balaban J connectivity index is 1.22. The summed E-state index contributed by atoms with van der Waals surface area (Å²) in [6, 6.07) is 12.5. The van der Waals surface area contributed by atoms with Crippen LogP contribution in [-0.2, 0) is 14.3 Å². The smallest absolute Gasteiger partial charge is 0.338 e. The number of ether oxygens (including phenoxy) is 1. The van der Waals surface area contributed by atoms with Crippen LogP contribution in [-0.4, -0.2) is 87.1 Å². The number of esters is 1. The minimum absolute atomic E-state index is 0.0833. The van der Waals surface area contributed by atoms with E-state index in [2.05, 4.69) is 20.8 Å². The number of piperazine rings is 1. The second-order valence-electron chi connectivity index (χ2n) is 8.35. The molecular weight excluding hydrogens is 450 g/mol. The number of hydrogen-bond acceptors (Lipinski definition) is 8. The van der Waals surface area contributed by atoms with Crippen molar-refractivity contribution in [3.63, 3.8) is 0 Å². The number of aromatic nitrogens is 4. The molecule has 1 aliphatic heterocycles. The van der Waals surface area contributed by atoms with Gasteiger partial charge in [-0.2, -0.15) is 0 Å². The number of hydrogen-bond donors (Lipinski definition) is 1. The van der Waals surface area contributed by atoms with Gasteiger partial charge in [0.15, 0.2) is 6.61 Å². The minimum Gasteiger partial charge on any atom is -0.452 e. The summed E-state index contributed by atoms with van der Waals surface area (Å²) in [5.41, 5.74) is 3.78. The van der Waals surface area contributed by atoms with Gasteiger partial charge in [0.25, 0.3) is 5.91 Å². The number of benzene rings is 2. The Kier molecular flexibility index (Phi) is 7.46. The van der Waals surface area contributed by atoms with Gasteiger partial charge >= 0.3 is 5.97 Å². The van der Waals surface area contributed by atoms with E-state index in [9.17, 15) is 14.4 Å². The number of anilines is 1. The van der Waals surface area contributed by atoms with Crippen molar-refractivity contribution >= 4 is 23.5 Å². The lowest BCUT2D eigenvalue weighted by molar-refractivity contribution is -0.136. The summed E-state index contributed by atoms with van der Waals surface area (Å²) in [5.74, 6) is -0.954. The van der Waals surface area contributed by atoms with Gasteiger partial charge in [-0.25, -0.2) is 9.48 Å². The average Bonchev–Trinajstić information content (AvgIpc) is 3.40. The summed E-state index contributed by atoms with van der Waals surface area (Å²) >= 11 is 0. The maximum Gasteiger partial charge on any atom is 0.338 e. The molecule has 2 heterocycles. The van der Waals surface area contributed by atoms with Crippen LogP contribution in [0.2, 0.25) is 0 Å². The predicted octanol–water partition coefficient (Wildman–Crippen LogP) is 1.22. The van der Waals surface area contributed by atoms with E-state index in [-0.39, 0.29) is 25.0 Å². The highest BCUT2D eigenvalue weighted by molar-refractivity contribution is 5.94. The molecule has 0 unspecified atom stereocenters. The highest BCUT2D eigenvalue weighted by Crippen LogP contribution is 2.19. The number of tetrazole rings is 1. The maximum absolute atomic E-state index is 12.6. The first-order chi connectivity index (χ1) is 16.9. The Hall–Kier alpha value is -4.12. The van der Waals surface area contributed by atoms with Crippen LogP contribution in [0.1, 0.15) is 21.5 Å². The molecule has 1 saturated heterocycles. The van der Waals surface area contributed by atoms with Gasteiger partial charge < -0.3 is 15.0 Å².